The topological polar surface area (TPSA) is 61.8 Å². The van der Waals surface area contributed by atoms with Crippen LogP contribution < -0.4 is 10.3 Å². The number of hydrogen-bond acceptors (Lipinski definition) is 3. The van der Waals surface area contributed by atoms with E-state index in [1.54, 1.807) is 11.0 Å². The molecule has 0 saturated carbocycles. The molecule has 128 valence electrons. The molecule has 1 aliphatic heterocycles. The van der Waals surface area contributed by atoms with E-state index in [9.17, 15) is 9.59 Å². The van der Waals surface area contributed by atoms with Crippen molar-refractivity contribution in [3.8, 4) is 0 Å². The third kappa shape index (κ3) is 3.76. The first-order valence-electron chi connectivity index (χ1n) is 8.37. The van der Waals surface area contributed by atoms with Crippen LogP contribution in [-0.2, 0) is 4.79 Å². The van der Waals surface area contributed by atoms with Crippen LogP contribution in [0.4, 0.5) is 5.69 Å². The van der Waals surface area contributed by atoms with E-state index in [4.69, 9.17) is 0 Å². The minimum absolute atomic E-state index is 0.152. The first-order chi connectivity index (χ1) is 12.1. The Labute approximate surface area is 147 Å². The zero-order valence-corrected chi connectivity index (χ0v) is 14.5. The van der Waals surface area contributed by atoms with Crippen molar-refractivity contribution in [2.75, 3.05) is 11.4 Å². The van der Waals surface area contributed by atoms with Gasteiger partial charge < -0.3 is 4.90 Å². The largest absolute Gasteiger partial charge is 0.312 e. The molecule has 0 bridgehead atoms. The second-order valence-electron chi connectivity index (χ2n) is 6.15. The molecule has 0 atom stereocenters. The van der Waals surface area contributed by atoms with Gasteiger partial charge in [0.05, 0.1) is 5.71 Å². The third-order valence-corrected chi connectivity index (χ3v) is 4.36. The van der Waals surface area contributed by atoms with Crippen molar-refractivity contribution >= 4 is 23.2 Å². The maximum atomic E-state index is 12.2. The van der Waals surface area contributed by atoms with E-state index in [1.807, 2.05) is 56.3 Å². The van der Waals surface area contributed by atoms with Gasteiger partial charge in [-0.2, -0.15) is 5.10 Å². The standard InChI is InChI=1S/C20H21N3O2/c1-14-7-3-4-10-18(14)20(25)22-21-15(2)16-8-5-9-17(13-16)23-12-6-11-19(23)24/h3-5,7-10,13H,6,11-12H2,1-2H3,(H,22,25)/b21-15-. The van der Waals surface area contributed by atoms with Crippen LogP contribution >= 0.6 is 0 Å². The molecule has 2 amide bonds. The molecule has 0 aromatic heterocycles. The molecule has 1 heterocycles. The Morgan fingerprint density at radius 1 is 1.16 bits per heavy atom. The monoisotopic (exact) mass is 335 g/mol. The average molecular weight is 335 g/mol. The van der Waals surface area contributed by atoms with Crippen LogP contribution in [0.5, 0.6) is 0 Å². The predicted octanol–water partition coefficient (Wildman–Crippen LogP) is 3.28. The minimum Gasteiger partial charge on any atom is -0.312 e. The van der Waals surface area contributed by atoms with E-state index >= 15 is 0 Å². The summed E-state index contributed by atoms with van der Waals surface area (Å²) in [5.74, 6) is -0.0806. The number of aryl methyl sites for hydroxylation is 1. The van der Waals surface area contributed by atoms with Crippen molar-refractivity contribution in [3.63, 3.8) is 0 Å². The maximum absolute atomic E-state index is 12.2. The number of nitrogens with zero attached hydrogens (tertiary/aromatic N) is 2. The fraction of sp³-hybridized carbons (Fsp3) is 0.250. The van der Waals surface area contributed by atoms with Gasteiger partial charge in [-0.1, -0.05) is 30.3 Å². The molecule has 0 unspecified atom stereocenters. The number of amides is 2. The highest BCUT2D eigenvalue weighted by atomic mass is 16.2. The predicted molar refractivity (Wildman–Crippen MR) is 98.9 cm³/mol. The van der Waals surface area contributed by atoms with Crippen LogP contribution in [0.15, 0.2) is 53.6 Å². The number of hydrazone groups is 1. The van der Waals surface area contributed by atoms with Crippen molar-refractivity contribution in [1.29, 1.82) is 0 Å². The summed E-state index contributed by atoms with van der Waals surface area (Å²) in [6, 6.07) is 15.1. The van der Waals surface area contributed by atoms with Gasteiger partial charge in [0.2, 0.25) is 5.91 Å². The average Bonchev–Trinajstić information content (AvgIpc) is 3.06. The van der Waals surface area contributed by atoms with Crippen LogP contribution in [0.3, 0.4) is 0 Å². The van der Waals surface area contributed by atoms with Crippen LogP contribution in [-0.4, -0.2) is 24.1 Å². The second kappa shape index (κ2) is 7.30. The SMILES string of the molecule is C/C(=N/NC(=O)c1ccccc1C)c1cccc(N2CCCC2=O)c1. The lowest BCUT2D eigenvalue weighted by molar-refractivity contribution is -0.117. The first-order valence-corrected chi connectivity index (χ1v) is 8.37. The number of nitrogens with one attached hydrogen (secondary N) is 1. The molecule has 1 saturated heterocycles. The molecule has 5 heteroatoms. The Morgan fingerprint density at radius 2 is 1.96 bits per heavy atom. The van der Waals surface area contributed by atoms with E-state index < -0.39 is 0 Å². The summed E-state index contributed by atoms with van der Waals surface area (Å²) >= 11 is 0. The summed E-state index contributed by atoms with van der Waals surface area (Å²) in [6.07, 6.45) is 1.49. The maximum Gasteiger partial charge on any atom is 0.271 e. The molecule has 1 N–H and O–H groups in total. The van der Waals surface area contributed by atoms with Crippen LogP contribution in [0, 0.1) is 6.92 Å². The Kier molecular flexibility index (Phi) is 4.93. The number of rotatable bonds is 4. The molecule has 1 aliphatic rings. The van der Waals surface area contributed by atoms with E-state index in [1.165, 1.54) is 0 Å². The molecule has 2 aromatic carbocycles. The molecule has 5 nitrogen and oxygen atoms in total. The lowest BCUT2D eigenvalue weighted by atomic mass is 10.1. The normalized spacial score (nSPS) is 14.7. The zero-order chi connectivity index (χ0) is 17.8. The highest BCUT2D eigenvalue weighted by molar-refractivity contribution is 6.03. The van der Waals surface area contributed by atoms with Gasteiger partial charge in [-0.25, -0.2) is 5.43 Å². The van der Waals surface area contributed by atoms with Crippen LogP contribution in [0.2, 0.25) is 0 Å². The zero-order valence-electron chi connectivity index (χ0n) is 14.5. The van der Waals surface area contributed by atoms with Crippen LogP contribution in [0.25, 0.3) is 0 Å². The summed E-state index contributed by atoms with van der Waals surface area (Å²) in [7, 11) is 0. The van der Waals surface area contributed by atoms with Crippen molar-refractivity contribution in [2.45, 2.75) is 26.7 Å². The summed E-state index contributed by atoms with van der Waals surface area (Å²) in [5, 5.41) is 4.21. The number of carbonyl (C=O) groups excluding carboxylic acids is 2. The third-order valence-electron chi connectivity index (χ3n) is 4.36. The Balaban J connectivity index is 1.75. The fourth-order valence-electron chi connectivity index (χ4n) is 2.91. The van der Waals surface area contributed by atoms with Crippen molar-refractivity contribution < 1.29 is 9.59 Å². The molecule has 3 rings (SSSR count). The molecular formula is C20H21N3O2. The lowest BCUT2D eigenvalue weighted by Crippen LogP contribution is -2.24. The molecule has 25 heavy (non-hydrogen) atoms. The van der Waals surface area contributed by atoms with Gasteiger partial charge in [0.15, 0.2) is 0 Å². The number of anilines is 1. The van der Waals surface area contributed by atoms with E-state index in [0.29, 0.717) is 17.7 Å². The van der Waals surface area contributed by atoms with E-state index in [0.717, 1.165) is 29.8 Å². The van der Waals surface area contributed by atoms with Crippen LogP contribution in [0.1, 0.15) is 41.3 Å². The summed E-state index contributed by atoms with van der Waals surface area (Å²) in [5.41, 5.74) is 6.56. The summed E-state index contributed by atoms with van der Waals surface area (Å²) in [6.45, 7) is 4.48. The Bertz CT molecular complexity index is 842. The van der Waals surface area contributed by atoms with Gasteiger partial charge in [-0.3, -0.25) is 9.59 Å². The van der Waals surface area contributed by atoms with Gasteiger partial charge >= 0.3 is 0 Å². The smallest absolute Gasteiger partial charge is 0.271 e. The number of benzene rings is 2. The number of carbonyl (C=O) groups is 2. The number of hydrogen-bond donors (Lipinski definition) is 1. The van der Waals surface area contributed by atoms with E-state index in [-0.39, 0.29) is 11.8 Å². The second-order valence-corrected chi connectivity index (χ2v) is 6.15. The summed E-state index contributed by atoms with van der Waals surface area (Å²) in [4.78, 5) is 25.9. The molecule has 0 aliphatic carbocycles. The lowest BCUT2D eigenvalue weighted by Gasteiger charge is -2.16. The first kappa shape index (κ1) is 16.9. The summed E-state index contributed by atoms with van der Waals surface area (Å²) < 4.78 is 0. The molecule has 1 fully saturated rings. The molecule has 0 radical (unpaired) electrons. The van der Waals surface area contributed by atoms with Gasteiger partial charge in [-0.15, -0.1) is 0 Å². The van der Waals surface area contributed by atoms with Gasteiger partial charge in [0, 0.05) is 24.2 Å². The van der Waals surface area contributed by atoms with Gasteiger partial charge in [-0.05, 0) is 49.6 Å². The quantitative estimate of drug-likeness (QED) is 0.688. The van der Waals surface area contributed by atoms with Gasteiger partial charge in [0.25, 0.3) is 5.91 Å². The highest BCUT2D eigenvalue weighted by Crippen LogP contribution is 2.22. The minimum atomic E-state index is -0.233. The Hall–Kier alpha value is -2.95. The fourth-order valence-corrected chi connectivity index (χ4v) is 2.91. The van der Waals surface area contributed by atoms with Crippen molar-refractivity contribution in [1.82, 2.24) is 5.43 Å². The van der Waals surface area contributed by atoms with Crippen molar-refractivity contribution in [3.05, 3.63) is 65.2 Å². The molecular weight excluding hydrogens is 314 g/mol. The Morgan fingerprint density at radius 3 is 2.68 bits per heavy atom. The van der Waals surface area contributed by atoms with Crippen molar-refractivity contribution in [2.24, 2.45) is 5.10 Å². The molecule has 2 aromatic rings. The highest BCUT2D eigenvalue weighted by Gasteiger charge is 2.21. The molecule has 0 spiro atoms. The van der Waals surface area contributed by atoms with E-state index in [2.05, 4.69) is 10.5 Å². The van der Waals surface area contributed by atoms with Gasteiger partial charge in [0.1, 0.15) is 0 Å².